The first-order valence-electron chi connectivity index (χ1n) is 9.53. The maximum Gasteiger partial charge on any atom is 0.425 e. The number of fused-ring (bicyclic) bond motifs is 2. The highest BCUT2D eigenvalue weighted by atomic mass is 19.4. The van der Waals surface area contributed by atoms with Crippen LogP contribution in [0.2, 0.25) is 0 Å². The Morgan fingerprint density at radius 3 is 2.37 bits per heavy atom. The number of carbonyl (C=O) groups excluding carboxylic acids is 3. The number of cyclic esters (lactones) is 2. The summed E-state index contributed by atoms with van der Waals surface area (Å²) in [5.41, 5.74) is 0. The molecule has 3 rings (SSSR count). The van der Waals surface area contributed by atoms with Crippen molar-refractivity contribution >= 4 is 17.9 Å². The molecule has 8 unspecified atom stereocenters. The van der Waals surface area contributed by atoms with Crippen LogP contribution in [0, 0.1) is 41.4 Å². The van der Waals surface area contributed by atoms with Crippen molar-refractivity contribution in [3.05, 3.63) is 0 Å². The predicted octanol–water partition coefficient (Wildman–Crippen LogP) is 3.50. The quantitative estimate of drug-likeness (QED) is 0.531. The van der Waals surface area contributed by atoms with Crippen molar-refractivity contribution in [1.29, 1.82) is 0 Å². The lowest BCUT2D eigenvalue weighted by atomic mass is 9.68. The number of halogens is 3. The van der Waals surface area contributed by atoms with Gasteiger partial charge in [0.05, 0.1) is 17.8 Å². The molecule has 0 spiro atoms. The monoisotopic (exact) mass is 390 g/mol. The third-order valence-electron chi connectivity index (χ3n) is 6.80. The minimum Gasteiger partial charge on any atom is -0.453 e. The Balaban J connectivity index is 1.69. The summed E-state index contributed by atoms with van der Waals surface area (Å²) in [6.45, 7) is 4.27. The third kappa shape index (κ3) is 3.72. The molecule has 0 radical (unpaired) electrons. The van der Waals surface area contributed by atoms with Crippen LogP contribution < -0.4 is 0 Å². The largest absolute Gasteiger partial charge is 0.453 e. The smallest absolute Gasteiger partial charge is 0.425 e. The summed E-state index contributed by atoms with van der Waals surface area (Å²) in [5, 5.41) is 0. The van der Waals surface area contributed by atoms with Crippen LogP contribution in [-0.2, 0) is 23.9 Å². The summed E-state index contributed by atoms with van der Waals surface area (Å²) < 4.78 is 47.1. The van der Waals surface area contributed by atoms with Gasteiger partial charge in [0, 0.05) is 0 Å². The van der Waals surface area contributed by atoms with E-state index < -0.39 is 47.9 Å². The van der Waals surface area contributed by atoms with Crippen molar-refractivity contribution in [1.82, 2.24) is 0 Å². The normalized spacial score (nSPS) is 38.0. The van der Waals surface area contributed by atoms with E-state index in [2.05, 4.69) is 11.7 Å². The third-order valence-corrected chi connectivity index (χ3v) is 6.80. The molecule has 1 saturated heterocycles. The number of esters is 3. The summed E-state index contributed by atoms with van der Waals surface area (Å²) in [4.78, 5) is 36.6. The molecule has 1 aliphatic heterocycles. The molecular formula is C19H25F3O5. The molecular weight excluding hydrogens is 365 g/mol. The molecule has 0 aromatic heterocycles. The molecule has 3 aliphatic rings. The maximum absolute atomic E-state index is 12.6. The molecule has 2 bridgehead atoms. The Hall–Kier alpha value is -1.60. The van der Waals surface area contributed by atoms with Gasteiger partial charge in [-0.1, -0.05) is 13.8 Å². The SMILES string of the molecule is CC(CC1C(=O)OC(=O)C1C1C2CCC(C2)C1C)C(=O)OC(C)C(F)(F)F. The van der Waals surface area contributed by atoms with Gasteiger partial charge in [0.25, 0.3) is 0 Å². The molecule has 0 N–H and O–H groups in total. The van der Waals surface area contributed by atoms with Gasteiger partial charge in [0.2, 0.25) is 0 Å². The Kier molecular flexibility index (Phi) is 5.29. The molecule has 3 fully saturated rings. The molecule has 0 aromatic carbocycles. The lowest BCUT2D eigenvalue weighted by Crippen LogP contribution is -2.37. The maximum atomic E-state index is 12.6. The van der Waals surface area contributed by atoms with Crippen LogP contribution in [0.1, 0.15) is 46.5 Å². The zero-order chi connectivity index (χ0) is 20.1. The van der Waals surface area contributed by atoms with Crippen molar-refractivity contribution in [2.75, 3.05) is 0 Å². The van der Waals surface area contributed by atoms with Gasteiger partial charge in [-0.2, -0.15) is 13.2 Å². The number of rotatable bonds is 5. The van der Waals surface area contributed by atoms with Gasteiger partial charge >= 0.3 is 24.1 Å². The summed E-state index contributed by atoms with van der Waals surface area (Å²) in [7, 11) is 0. The number of hydrogen-bond donors (Lipinski definition) is 0. The van der Waals surface area contributed by atoms with Crippen molar-refractivity contribution in [3.8, 4) is 0 Å². The van der Waals surface area contributed by atoms with Crippen LogP contribution in [0.3, 0.4) is 0 Å². The lowest BCUT2D eigenvalue weighted by molar-refractivity contribution is -0.218. The van der Waals surface area contributed by atoms with Gasteiger partial charge in [-0.25, -0.2) is 0 Å². The van der Waals surface area contributed by atoms with E-state index in [-0.39, 0.29) is 12.3 Å². The number of hydrogen-bond acceptors (Lipinski definition) is 5. The highest BCUT2D eigenvalue weighted by molar-refractivity contribution is 5.97. The Labute approximate surface area is 155 Å². The number of carbonyl (C=O) groups is 3. The topological polar surface area (TPSA) is 69.7 Å². The first kappa shape index (κ1) is 20.1. The molecule has 27 heavy (non-hydrogen) atoms. The van der Waals surface area contributed by atoms with Gasteiger partial charge < -0.3 is 9.47 Å². The van der Waals surface area contributed by atoms with E-state index in [1.807, 2.05) is 0 Å². The molecule has 2 saturated carbocycles. The highest BCUT2D eigenvalue weighted by Gasteiger charge is 2.57. The van der Waals surface area contributed by atoms with Crippen LogP contribution >= 0.6 is 0 Å². The van der Waals surface area contributed by atoms with E-state index in [9.17, 15) is 27.6 Å². The van der Waals surface area contributed by atoms with Crippen LogP contribution in [0.5, 0.6) is 0 Å². The van der Waals surface area contributed by atoms with E-state index in [1.165, 1.54) is 6.92 Å². The zero-order valence-corrected chi connectivity index (χ0v) is 15.6. The fourth-order valence-electron chi connectivity index (χ4n) is 5.30. The van der Waals surface area contributed by atoms with Crippen molar-refractivity contribution in [2.45, 2.75) is 58.7 Å². The Morgan fingerprint density at radius 2 is 1.81 bits per heavy atom. The molecule has 0 amide bonds. The summed E-state index contributed by atoms with van der Waals surface area (Å²) >= 11 is 0. The van der Waals surface area contributed by atoms with Crippen molar-refractivity contribution in [3.63, 3.8) is 0 Å². The van der Waals surface area contributed by atoms with Crippen molar-refractivity contribution < 1.29 is 37.0 Å². The molecule has 8 atom stereocenters. The van der Waals surface area contributed by atoms with Gasteiger partial charge in [-0.05, 0) is 56.3 Å². The lowest BCUT2D eigenvalue weighted by Gasteiger charge is -2.33. The fourth-order valence-corrected chi connectivity index (χ4v) is 5.30. The Morgan fingerprint density at radius 1 is 1.19 bits per heavy atom. The second-order valence-corrected chi connectivity index (χ2v) is 8.40. The number of ether oxygens (including phenoxy) is 2. The van der Waals surface area contributed by atoms with Crippen molar-refractivity contribution in [2.24, 2.45) is 41.4 Å². The predicted molar refractivity (Wildman–Crippen MR) is 87.0 cm³/mol. The summed E-state index contributed by atoms with van der Waals surface area (Å²) in [5.74, 6) is -3.37. The average Bonchev–Trinajstić information content (AvgIpc) is 3.21. The fraction of sp³-hybridized carbons (Fsp3) is 0.842. The highest BCUT2D eigenvalue weighted by Crippen LogP contribution is 2.57. The molecule has 5 nitrogen and oxygen atoms in total. The number of alkyl halides is 3. The minimum atomic E-state index is -4.64. The average molecular weight is 390 g/mol. The van der Waals surface area contributed by atoms with Crippen LogP contribution in [-0.4, -0.2) is 30.2 Å². The summed E-state index contributed by atoms with van der Waals surface area (Å²) in [6.07, 6.45) is -3.72. The van der Waals surface area contributed by atoms with Crippen LogP contribution in [0.15, 0.2) is 0 Å². The van der Waals surface area contributed by atoms with Gasteiger partial charge in [-0.3, -0.25) is 14.4 Å². The Bertz CT molecular complexity index is 629. The summed E-state index contributed by atoms with van der Waals surface area (Å²) in [6, 6.07) is 0. The second kappa shape index (κ2) is 7.09. The van der Waals surface area contributed by atoms with E-state index >= 15 is 0 Å². The molecule has 2 aliphatic carbocycles. The van der Waals surface area contributed by atoms with Crippen LogP contribution in [0.4, 0.5) is 13.2 Å². The van der Waals surface area contributed by atoms with Crippen LogP contribution in [0.25, 0.3) is 0 Å². The van der Waals surface area contributed by atoms with E-state index in [1.54, 1.807) is 0 Å². The molecule has 1 heterocycles. The van der Waals surface area contributed by atoms with Gasteiger partial charge in [0.1, 0.15) is 0 Å². The molecule has 0 aromatic rings. The first-order valence-corrected chi connectivity index (χ1v) is 9.53. The van der Waals surface area contributed by atoms with E-state index in [4.69, 9.17) is 4.74 Å². The van der Waals surface area contributed by atoms with E-state index in [0.717, 1.165) is 26.2 Å². The van der Waals surface area contributed by atoms with Gasteiger partial charge in [-0.15, -0.1) is 0 Å². The first-order chi connectivity index (χ1) is 12.5. The van der Waals surface area contributed by atoms with E-state index in [0.29, 0.717) is 17.8 Å². The standard InChI is InChI=1S/C19H25F3O5/c1-8(16(23)26-10(3)19(20,21)22)6-13-15(18(25)27-17(13)24)14-9(2)11-4-5-12(14)7-11/h8-15H,4-7H2,1-3H3. The molecule has 8 heteroatoms. The van der Waals surface area contributed by atoms with Gasteiger partial charge in [0.15, 0.2) is 6.10 Å². The zero-order valence-electron chi connectivity index (χ0n) is 15.6. The second-order valence-electron chi connectivity index (χ2n) is 8.40. The molecule has 152 valence electrons. The minimum absolute atomic E-state index is 0.0324.